The van der Waals surface area contributed by atoms with Gasteiger partial charge in [0.25, 0.3) is 10.0 Å². The van der Waals surface area contributed by atoms with Gasteiger partial charge in [0.15, 0.2) is 11.6 Å². The molecule has 3 N–H and O–H groups in total. The first-order valence-electron chi connectivity index (χ1n) is 5.81. The lowest BCUT2D eigenvalue weighted by Gasteiger charge is -2.12. The van der Waals surface area contributed by atoms with Crippen LogP contribution in [0.15, 0.2) is 46.2 Å². The number of nitrogens with one attached hydrogen (secondary N) is 1. The van der Waals surface area contributed by atoms with Crippen molar-refractivity contribution in [2.75, 3.05) is 4.72 Å². The van der Waals surface area contributed by atoms with Crippen LogP contribution >= 0.6 is 0 Å². The van der Waals surface area contributed by atoms with Gasteiger partial charge in [0.1, 0.15) is 15.6 Å². The molecule has 0 amide bonds. The van der Waals surface area contributed by atoms with Crippen LogP contribution in [0.1, 0.15) is 0 Å². The molecule has 2 aromatic carbocycles. The second-order valence-corrected chi connectivity index (χ2v) is 7.52. The number of rotatable bonds is 4. The van der Waals surface area contributed by atoms with Gasteiger partial charge >= 0.3 is 0 Å². The molecule has 0 aromatic heterocycles. The molecule has 0 saturated carbocycles. The monoisotopic (exact) mass is 366 g/mol. The third-order valence-electron chi connectivity index (χ3n) is 2.70. The molecule has 0 radical (unpaired) electrons. The van der Waals surface area contributed by atoms with Crippen LogP contribution in [-0.4, -0.2) is 16.8 Å². The number of nitrogens with two attached hydrogens (primary N) is 1. The van der Waals surface area contributed by atoms with E-state index in [9.17, 15) is 30.0 Å². The van der Waals surface area contributed by atoms with E-state index < -0.39 is 53.0 Å². The molecular formula is C12H9F3N2O4S2. The zero-order valence-corrected chi connectivity index (χ0v) is 12.8. The number of benzene rings is 2. The van der Waals surface area contributed by atoms with Crippen molar-refractivity contribution in [2.45, 2.75) is 9.79 Å². The van der Waals surface area contributed by atoms with Crippen LogP contribution in [0, 0.1) is 17.5 Å². The molecule has 6 nitrogen and oxygen atoms in total. The van der Waals surface area contributed by atoms with Crippen molar-refractivity contribution in [2.24, 2.45) is 5.14 Å². The summed E-state index contributed by atoms with van der Waals surface area (Å²) in [6.07, 6.45) is 0. The van der Waals surface area contributed by atoms with Crippen molar-refractivity contribution >= 4 is 25.7 Å². The van der Waals surface area contributed by atoms with Crippen molar-refractivity contribution in [3.05, 3.63) is 53.8 Å². The van der Waals surface area contributed by atoms with Crippen molar-refractivity contribution in [3.8, 4) is 0 Å². The number of primary sulfonamides is 1. The lowest BCUT2D eigenvalue weighted by Crippen LogP contribution is -2.20. The maximum absolute atomic E-state index is 13.6. The highest BCUT2D eigenvalue weighted by Gasteiger charge is 2.24. The van der Waals surface area contributed by atoms with Crippen molar-refractivity contribution in [1.82, 2.24) is 0 Å². The summed E-state index contributed by atoms with van der Waals surface area (Å²) < 4.78 is 88.6. The first kappa shape index (κ1) is 17.2. The predicted molar refractivity (Wildman–Crippen MR) is 74.9 cm³/mol. The summed E-state index contributed by atoms with van der Waals surface area (Å²) in [6.45, 7) is 0. The number of sulfonamides is 2. The van der Waals surface area contributed by atoms with Gasteiger partial charge in [-0.2, -0.15) is 0 Å². The van der Waals surface area contributed by atoms with Crippen molar-refractivity contribution < 1.29 is 30.0 Å². The quantitative estimate of drug-likeness (QED) is 0.856. The molecule has 23 heavy (non-hydrogen) atoms. The number of halogens is 3. The first-order chi connectivity index (χ1) is 10.5. The molecular weight excluding hydrogens is 357 g/mol. The Bertz CT molecular complexity index is 976. The minimum absolute atomic E-state index is 0.495. The maximum Gasteiger partial charge on any atom is 0.264 e. The summed E-state index contributed by atoms with van der Waals surface area (Å²) >= 11 is 0. The van der Waals surface area contributed by atoms with Crippen LogP contribution in [0.2, 0.25) is 0 Å². The Labute approximate surface area is 129 Å². The van der Waals surface area contributed by atoms with Gasteiger partial charge in [-0.05, 0) is 30.3 Å². The Balaban J connectivity index is 2.57. The van der Waals surface area contributed by atoms with E-state index in [0.29, 0.717) is 12.1 Å². The highest BCUT2D eigenvalue weighted by Crippen LogP contribution is 2.25. The number of anilines is 1. The second-order valence-electron chi connectivity index (χ2n) is 4.34. The fraction of sp³-hybridized carbons (Fsp3) is 0. The van der Waals surface area contributed by atoms with Gasteiger partial charge < -0.3 is 0 Å². The van der Waals surface area contributed by atoms with E-state index in [-0.39, 0.29) is 0 Å². The van der Waals surface area contributed by atoms with E-state index in [1.165, 1.54) is 0 Å². The molecule has 0 atom stereocenters. The van der Waals surface area contributed by atoms with Crippen LogP contribution in [0.25, 0.3) is 0 Å². The highest BCUT2D eigenvalue weighted by molar-refractivity contribution is 7.93. The van der Waals surface area contributed by atoms with E-state index in [1.54, 1.807) is 4.72 Å². The zero-order chi connectivity index (χ0) is 17.4. The summed E-state index contributed by atoms with van der Waals surface area (Å²) in [6, 6.07) is 4.51. The Hall–Kier alpha value is -2.11. The van der Waals surface area contributed by atoms with Crippen LogP contribution in [0.5, 0.6) is 0 Å². The summed E-state index contributed by atoms with van der Waals surface area (Å²) in [5.41, 5.74) is -0.599. The lowest BCUT2D eigenvalue weighted by molar-refractivity contribution is 0.485. The fourth-order valence-corrected chi connectivity index (χ4v) is 3.64. The molecule has 0 fully saturated rings. The Morgan fingerprint density at radius 3 is 2.17 bits per heavy atom. The predicted octanol–water partition coefficient (Wildman–Crippen LogP) is 1.55. The third-order valence-corrected chi connectivity index (χ3v) is 5.03. The summed E-state index contributed by atoms with van der Waals surface area (Å²) in [4.78, 5) is -1.89. The molecule has 0 saturated heterocycles. The van der Waals surface area contributed by atoms with Crippen LogP contribution in [0.3, 0.4) is 0 Å². The summed E-state index contributed by atoms with van der Waals surface area (Å²) in [5.74, 6) is -4.02. The van der Waals surface area contributed by atoms with Crippen molar-refractivity contribution in [1.29, 1.82) is 0 Å². The van der Waals surface area contributed by atoms with Crippen LogP contribution < -0.4 is 9.86 Å². The topological polar surface area (TPSA) is 106 Å². The SMILES string of the molecule is NS(=O)(=O)c1cc(F)ccc1NS(=O)(=O)c1cccc(F)c1F. The molecule has 0 unspecified atom stereocenters. The molecule has 0 spiro atoms. The first-order valence-corrected chi connectivity index (χ1v) is 8.84. The van der Waals surface area contributed by atoms with E-state index in [4.69, 9.17) is 5.14 Å². The van der Waals surface area contributed by atoms with Gasteiger partial charge in [0, 0.05) is 0 Å². The van der Waals surface area contributed by atoms with E-state index in [0.717, 1.165) is 24.3 Å². The lowest BCUT2D eigenvalue weighted by atomic mass is 10.3. The molecule has 0 heterocycles. The average Bonchev–Trinajstić information content (AvgIpc) is 2.42. The average molecular weight is 366 g/mol. The molecule has 0 aliphatic rings. The van der Waals surface area contributed by atoms with Crippen LogP contribution in [0.4, 0.5) is 18.9 Å². The van der Waals surface area contributed by atoms with Crippen molar-refractivity contribution in [3.63, 3.8) is 0 Å². The van der Waals surface area contributed by atoms with E-state index in [2.05, 4.69) is 0 Å². The van der Waals surface area contributed by atoms with Gasteiger partial charge in [-0.1, -0.05) is 6.07 Å². The van der Waals surface area contributed by atoms with Crippen LogP contribution in [-0.2, 0) is 20.0 Å². The second kappa shape index (κ2) is 5.83. The summed E-state index contributed by atoms with van der Waals surface area (Å²) in [7, 11) is -9.13. The van der Waals surface area contributed by atoms with Gasteiger partial charge in [0.05, 0.1) is 5.69 Å². The molecule has 0 bridgehead atoms. The Morgan fingerprint density at radius 2 is 1.57 bits per heavy atom. The molecule has 2 rings (SSSR count). The Morgan fingerprint density at radius 1 is 0.913 bits per heavy atom. The van der Waals surface area contributed by atoms with E-state index in [1.807, 2.05) is 0 Å². The largest absolute Gasteiger partial charge is 0.278 e. The highest BCUT2D eigenvalue weighted by atomic mass is 32.2. The molecule has 11 heteroatoms. The maximum atomic E-state index is 13.6. The number of hydrogen-bond acceptors (Lipinski definition) is 4. The third kappa shape index (κ3) is 3.63. The zero-order valence-electron chi connectivity index (χ0n) is 11.1. The molecule has 124 valence electrons. The van der Waals surface area contributed by atoms with Gasteiger partial charge in [-0.25, -0.2) is 35.1 Å². The van der Waals surface area contributed by atoms with Gasteiger partial charge in [-0.15, -0.1) is 0 Å². The molecule has 0 aliphatic heterocycles. The standard InChI is InChI=1S/C12H9F3N2O4S2/c13-7-4-5-9(11(6-7)22(16,18)19)17-23(20,21)10-3-1-2-8(14)12(10)15/h1-6,17H,(H2,16,18,19). The number of hydrogen-bond donors (Lipinski definition) is 2. The fourth-order valence-electron chi connectivity index (χ4n) is 1.71. The smallest absolute Gasteiger partial charge is 0.264 e. The molecule has 2 aromatic rings. The molecule has 0 aliphatic carbocycles. The minimum Gasteiger partial charge on any atom is -0.278 e. The minimum atomic E-state index is -4.67. The Kier molecular flexibility index (Phi) is 4.37. The normalized spacial score (nSPS) is 12.2. The van der Waals surface area contributed by atoms with Gasteiger partial charge in [-0.3, -0.25) is 4.72 Å². The van der Waals surface area contributed by atoms with Gasteiger partial charge in [0.2, 0.25) is 10.0 Å². The van der Waals surface area contributed by atoms with E-state index >= 15 is 0 Å². The summed E-state index contributed by atoms with van der Waals surface area (Å²) in [5, 5.41) is 4.87.